The van der Waals surface area contributed by atoms with Crippen LogP contribution in [0.15, 0.2) is 79.4 Å². The van der Waals surface area contributed by atoms with Crippen LogP contribution in [0.4, 0.5) is 14.5 Å². The summed E-state index contributed by atoms with van der Waals surface area (Å²) in [7, 11) is 0. The van der Waals surface area contributed by atoms with E-state index in [0.29, 0.717) is 26.3 Å². The van der Waals surface area contributed by atoms with Crippen molar-refractivity contribution in [1.82, 2.24) is 14.8 Å². The van der Waals surface area contributed by atoms with Crippen molar-refractivity contribution in [2.45, 2.75) is 6.61 Å². The maximum absolute atomic E-state index is 14.7. The van der Waals surface area contributed by atoms with Crippen LogP contribution in [0.25, 0.3) is 15.8 Å². The van der Waals surface area contributed by atoms with Crippen molar-refractivity contribution in [2.24, 2.45) is 0 Å². The van der Waals surface area contributed by atoms with E-state index < -0.39 is 17.5 Å². The highest BCUT2D eigenvalue weighted by atomic mass is 32.1. The Bertz CT molecular complexity index is 1440. The second-order valence-electron chi connectivity index (χ2n) is 7.08. The van der Waals surface area contributed by atoms with Crippen molar-refractivity contribution < 1.29 is 18.3 Å². The van der Waals surface area contributed by atoms with Crippen molar-refractivity contribution in [3.8, 4) is 11.4 Å². The minimum atomic E-state index is -0.576. The van der Waals surface area contributed by atoms with Gasteiger partial charge in [-0.1, -0.05) is 24.3 Å². The Labute approximate surface area is 191 Å². The molecule has 1 amide bonds. The highest BCUT2D eigenvalue weighted by Gasteiger charge is 2.22. The summed E-state index contributed by atoms with van der Waals surface area (Å²) in [6, 6.07) is 18.0. The Morgan fingerprint density at radius 2 is 1.88 bits per heavy atom. The fourth-order valence-corrected chi connectivity index (χ4v) is 4.57. The summed E-state index contributed by atoms with van der Waals surface area (Å²) in [6.45, 7) is 0.00724. The smallest absolute Gasteiger partial charge is 0.266 e. The van der Waals surface area contributed by atoms with Gasteiger partial charge in [0.1, 0.15) is 41.4 Å². The first-order chi connectivity index (χ1) is 16.1. The van der Waals surface area contributed by atoms with Gasteiger partial charge in [0.05, 0.1) is 0 Å². The summed E-state index contributed by atoms with van der Waals surface area (Å²) in [6.07, 6.45) is 2.68. The summed E-state index contributed by atoms with van der Waals surface area (Å²) in [5.74, 6) is -0.883. The summed E-state index contributed by atoms with van der Waals surface area (Å²) in [5, 5.41) is 6.95. The fraction of sp³-hybridized carbons (Fsp3) is 0.0417. The lowest BCUT2D eigenvalue weighted by molar-refractivity contribution is 0.102. The molecule has 5 rings (SSSR count). The molecule has 2 heterocycles. The number of para-hydroxylation sites is 1. The molecule has 0 aliphatic carbocycles. The van der Waals surface area contributed by atoms with E-state index in [1.165, 1.54) is 35.5 Å². The number of anilines is 1. The number of thiophene rings is 1. The van der Waals surface area contributed by atoms with Gasteiger partial charge in [-0.2, -0.15) is 5.10 Å². The molecule has 33 heavy (non-hydrogen) atoms. The van der Waals surface area contributed by atoms with Crippen molar-refractivity contribution in [1.29, 1.82) is 0 Å². The minimum Gasteiger partial charge on any atom is -0.489 e. The molecule has 0 fully saturated rings. The number of nitrogens with zero attached hydrogens (tertiary/aromatic N) is 3. The van der Waals surface area contributed by atoms with Crippen LogP contribution in [0.5, 0.6) is 5.75 Å². The Balaban J connectivity index is 1.45. The van der Waals surface area contributed by atoms with Crippen molar-refractivity contribution in [3.05, 3.63) is 101 Å². The molecule has 0 saturated heterocycles. The average molecular weight is 462 g/mol. The predicted octanol–water partition coefficient (Wildman–Crippen LogP) is 5.59. The Hall–Kier alpha value is -4.11. The molecule has 3 aromatic carbocycles. The van der Waals surface area contributed by atoms with Crippen molar-refractivity contribution in [2.75, 3.05) is 5.32 Å². The molecule has 0 aliphatic heterocycles. The molecule has 0 bridgehead atoms. The lowest BCUT2D eigenvalue weighted by atomic mass is 10.1. The largest absolute Gasteiger partial charge is 0.489 e. The first kappa shape index (κ1) is 20.8. The minimum absolute atomic E-state index is 0.00724. The SMILES string of the molecule is O=C(Nc1ccc(-n2cncn2)c(F)c1)c1sc2cccc(F)c2c1COc1ccccc1. The zero-order valence-corrected chi connectivity index (χ0v) is 17.9. The number of rotatable bonds is 6. The van der Waals surface area contributed by atoms with E-state index in [2.05, 4.69) is 15.4 Å². The lowest BCUT2D eigenvalue weighted by Gasteiger charge is -2.10. The maximum Gasteiger partial charge on any atom is 0.266 e. The summed E-state index contributed by atoms with van der Waals surface area (Å²) >= 11 is 1.16. The second kappa shape index (κ2) is 8.79. The maximum atomic E-state index is 14.7. The van der Waals surface area contributed by atoms with Gasteiger partial charge in [-0.15, -0.1) is 11.3 Å². The van der Waals surface area contributed by atoms with Crippen LogP contribution in [-0.2, 0) is 6.61 Å². The second-order valence-corrected chi connectivity index (χ2v) is 8.14. The van der Waals surface area contributed by atoms with E-state index in [0.717, 1.165) is 11.3 Å². The van der Waals surface area contributed by atoms with Crippen LogP contribution < -0.4 is 10.1 Å². The van der Waals surface area contributed by atoms with Crippen LogP contribution in [0.2, 0.25) is 0 Å². The molecule has 0 saturated carbocycles. The number of carbonyl (C=O) groups is 1. The van der Waals surface area contributed by atoms with Gasteiger partial charge < -0.3 is 10.1 Å². The van der Waals surface area contributed by atoms with Crippen LogP contribution in [0, 0.1) is 11.6 Å². The third-order valence-corrected chi connectivity index (χ3v) is 6.16. The van der Waals surface area contributed by atoms with Gasteiger partial charge in [-0.25, -0.2) is 18.4 Å². The molecule has 0 spiro atoms. The molecule has 6 nitrogen and oxygen atoms in total. The zero-order chi connectivity index (χ0) is 22.8. The number of amides is 1. The predicted molar refractivity (Wildman–Crippen MR) is 122 cm³/mol. The molecule has 164 valence electrons. The van der Waals surface area contributed by atoms with Gasteiger partial charge in [0, 0.05) is 21.3 Å². The van der Waals surface area contributed by atoms with Gasteiger partial charge in [-0.3, -0.25) is 4.79 Å². The molecular formula is C24H16F2N4O2S. The summed E-state index contributed by atoms with van der Waals surface area (Å²) in [4.78, 5) is 17.2. The number of ether oxygens (including phenoxy) is 1. The van der Waals surface area contributed by atoms with Gasteiger partial charge in [0.15, 0.2) is 5.82 Å². The third-order valence-electron chi connectivity index (χ3n) is 4.97. The topological polar surface area (TPSA) is 69.0 Å². The van der Waals surface area contributed by atoms with E-state index in [9.17, 15) is 13.6 Å². The fourth-order valence-electron chi connectivity index (χ4n) is 3.45. The van der Waals surface area contributed by atoms with E-state index in [1.54, 1.807) is 30.3 Å². The normalized spacial score (nSPS) is 11.0. The molecule has 0 radical (unpaired) electrons. The molecule has 5 aromatic rings. The van der Waals surface area contributed by atoms with Crippen LogP contribution in [0.1, 0.15) is 15.2 Å². The molecule has 1 N–H and O–H groups in total. The number of halogens is 2. The van der Waals surface area contributed by atoms with Gasteiger partial charge >= 0.3 is 0 Å². The third kappa shape index (κ3) is 4.18. The standard InChI is InChI=1S/C24H16F2N4O2S/c25-18-7-4-8-21-22(18)17(12-32-16-5-2-1-3-6-16)23(33-21)24(31)29-15-9-10-20(19(26)11-15)30-14-27-13-28-30/h1-11,13-14H,12H2,(H,29,31). The Morgan fingerprint density at radius 1 is 1.03 bits per heavy atom. The Morgan fingerprint density at radius 3 is 2.64 bits per heavy atom. The van der Waals surface area contributed by atoms with Gasteiger partial charge in [-0.05, 0) is 42.5 Å². The number of carbonyl (C=O) groups excluding carboxylic acids is 1. The van der Waals surface area contributed by atoms with Crippen LogP contribution in [0.3, 0.4) is 0 Å². The number of fused-ring (bicyclic) bond motifs is 1. The highest BCUT2D eigenvalue weighted by molar-refractivity contribution is 7.21. The van der Waals surface area contributed by atoms with Crippen molar-refractivity contribution in [3.63, 3.8) is 0 Å². The van der Waals surface area contributed by atoms with Gasteiger partial charge in [0.2, 0.25) is 0 Å². The first-order valence-corrected chi connectivity index (χ1v) is 10.8. The molecule has 2 aromatic heterocycles. The zero-order valence-electron chi connectivity index (χ0n) is 17.0. The monoisotopic (exact) mass is 462 g/mol. The van der Waals surface area contributed by atoms with Crippen LogP contribution >= 0.6 is 11.3 Å². The molecule has 0 unspecified atom stereocenters. The van der Waals surface area contributed by atoms with Crippen molar-refractivity contribution >= 4 is 33.0 Å². The summed E-state index contributed by atoms with van der Waals surface area (Å²) in [5.41, 5.74) is 0.898. The quantitative estimate of drug-likeness (QED) is 0.357. The van der Waals surface area contributed by atoms with Crippen LogP contribution in [-0.4, -0.2) is 20.7 Å². The first-order valence-electron chi connectivity index (χ1n) is 9.94. The van der Waals surface area contributed by atoms with E-state index in [-0.39, 0.29) is 18.0 Å². The lowest BCUT2D eigenvalue weighted by Crippen LogP contribution is -2.13. The number of aromatic nitrogens is 3. The number of benzene rings is 3. The molecular weight excluding hydrogens is 446 g/mol. The number of hydrogen-bond donors (Lipinski definition) is 1. The molecule has 0 aliphatic rings. The average Bonchev–Trinajstić information content (AvgIpc) is 3.47. The van der Waals surface area contributed by atoms with E-state index in [1.807, 2.05) is 18.2 Å². The number of hydrogen-bond acceptors (Lipinski definition) is 5. The molecule has 9 heteroatoms. The molecule has 0 atom stereocenters. The Kier molecular flexibility index (Phi) is 5.54. The van der Waals surface area contributed by atoms with E-state index >= 15 is 0 Å². The van der Waals surface area contributed by atoms with E-state index in [4.69, 9.17) is 4.74 Å². The van der Waals surface area contributed by atoms with Gasteiger partial charge in [0.25, 0.3) is 5.91 Å². The number of nitrogens with one attached hydrogen (secondary N) is 1. The highest BCUT2D eigenvalue weighted by Crippen LogP contribution is 2.34. The summed E-state index contributed by atoms with van der Waals surface area (Å²) < 4.78 is 37.0.